The lowest BCUT2D eigenvalue weighted by atomic mass is 9.95. The van der Waals surface area contributed by atoms with Gasteiger partial charge in [-0.25, -0.2) is 4.39 Å². The van der Waals surface area contributed by atoms with Crippen LogP contribution in [0.5, 0.6) is 0 Å². The minimum atomic E-state index is -0.906. The fourth-order valence-corrected chi connectivity index (χ4v) is 2.08. The minimum absolute atomic E-state index is 0.348. The Labute approximate surface area is 101 Å². The van der Waals surface area contributed by atoms with Crippen molar-refractivity contribution in [3.05, 3.63) is 70.5 Å². The van der Waals surface area contributed by atoms with Gasteiger partial charge in [0.2, 0.25) is 0 Å². The van der Waals surface area contributed by atoms with Gasteiger partial charge in [0.05, 0.1) is 0 Å². The summed E-state index contributed by atoms with van der Waals surface area (Å²) in [7, 11) is 0. The molecule has 0 bridgehead atoms. The fraction of sp³-hybridized carbons (Fsp3) is 0.200. The maximum Gasteiger partial charge on any atom is 0.129 e. The van der Waals surface area contributed by atoms with Gasteiger partial charge in [-0.15, -0.1) is 0 Å². The highest BCUT2D eigenvalue weighted by atomic mass is 19.1. The summed E-state index contributed by atoms with van der Waals surface area (Å²) >= 11 is 0. The van der Waals surface area contributed by atoms with E-state index in [1.807, 2.05) is 38.1 Å². The van der Waals surface area contributed by atoms with Crippen molar-refractivity contribution in [3.8, 4) is 0 Å². The molecule has 0 amide bonds. The van der Waals surface area contributed by atoms with E-state index >= 15 is 0 Å². The molecule has 2 heteroatoms. The van der Waals surface area contributed by atoms with E-state index in [4.69, 9.17) is 0 Å². The second-order valence-electron chi connectivity index (χ2n) is 4.29. The van der Waals surface area contributed by atoms with Gasteiger partial charge in [0.15, 0.2) is 0 Å². The molecule has 88 valence electrons. The van der Waals surface area contributed by atoms with Gasteiger partial charge < -0.3 is 5.11 Å². The monoisotopic (exact) mass is 230 g/mol. The highest BCUT2D eigenvalue weighted by molar-refractivity contribution is 5.38. The Bertz CT molecular complexity index is 497. The van der Waals surface area contributed by atoms with Gasteiger partial charge in [0.1, 0.15) is 11.9 Å². The molecule has 1 unspecified atom stereocenters. The lowest BCUT2D eigenvalue weighted by Gasteiger charge is -2.15. The summed E-state index contributed by atoms with van der Waals surface area (Å²) in [5, 5.41) is 10.2. The third-order valence-electron chi connectivity index (χ3n) is 2.87. The topological polar surface area (TPSA) is 20.2 Å². The molecule has 2 rings (SSSR count). The molecular formula is C15H15FO. The summed E-state index contributed by atoms with van der Waals surface area (Å²) in [6.07, 6.45) is -0.906. The lowest BCUT2D eigenvalue weighted by Crippen LogP contribution is -2.05. The summed E-state index contributed by atoms with van der Waals surface area (Å²) in [6, 6.07) is 12.5. The van der Waals surface area contributed by atoms with Gasteiger partial charge in [-0.05, 0) is 36.6 Å². The third-order valence-corrected chi connectivity index (χ3v) is 2.87. The molecule has 0 spiro atoms. The molecule has 1 nitrogen and oxygen atoms in total. The van der Waals surface area contributed by atoms with E-state index in [0.29, 0.717) is 11.1 Å². The number of hydrogen-bond donors (Lipinski definition) is 1. The molecule has 0 heterocycles. The molecule has 1 N–H and O–H groups in total. The van der Waals surface area contributed by atoms with Crippen LogP contribution in [0.25, 0.3) is 0 Å². The first-order chi connectivity index (χ1) is 8.09. The van der Waals surface area contributed by atoms with Crippen LogP contribution >= 0.6 is 0 Å². The van der Waals surface area contributed by atoms with Gasteiger partial charge in [-0.3, -0.25) is 0 Å². The molecule has 0 aliphatic carbocycles. The van der Waals surface area contributed by atoms with Crippen molar-refractivity contribution in [2.45, 2.75) is 20.0 Å². The Morgan fingerprint density at radius 3 is 2.29 bits per heavy atom. The largest absolute Gasteiger partial charge is 0.384 e. The van der Waals surface area contributed by atoms with E-state index in [0.717, 1.165) is 11.1 Å². The molecule has 0 saturated carbocycles. The number of halogens is 1. The first-order valence-electron chi connectivity index (χ1n) is 5.59. The predicted molar refractivity (Wildman–Crippen MR) is 66.4 cm³/mol. The van der Waals surface area contributed by atoms with Crippen LogP contribution in [0.3, 0.4) is 0 Å². The van der Waals surface area contributed by atoms with Crippen molar-refractivity contribution in [2.75, 3.05) is 0 Å². The summed E-state index contributed by atoms with van der Waals surface area (Å²) in [5.41, 5.74) is 2.71. The molecule has 1 atom stereocenters. The van der Waals surface area contributed by atoms with Crippen LogP contribution in [0.1, 0.15) is 28.4 Å². The zero-order valence-electron chi connectivity index (χ0n) is 9.94. The number of hydrogen-bond acceptors (Lipinski definition) is 1. The van der Waals surface area contributed by atoms with Crippen molar-refractivity contribution in [2.24, 2.45) is 0 Å². The molecule has 0 aliphatic heterocycles. The van der Waals surface area contributed by atoms with Crippen LogP contribution in [0.15, 0.2) is 42.5 Å². The highest BCUT2D eigenvalue weighted by Crippen LogP contribution is 2.27. The Kier molecular flexibility index (Phi) is 3.25. The zero-order valence-corrected chi connectivity index (χ0v) is 9.94. The van der Waals surface area contributed by atoms with E-state index in [-0.39, 0.29) is 5.82 Å². The third kappa shape index (κ3) is 2.37. The number of benzene rings is 2. The number of aliphatic hydroxyl groups is 1. The first-order valence-corrected chi connectivity index (χ1v) is 5.59. The molecule has 2 aromatic carbocycles. The van der Waals surface area contributed by atoms with Gasteiger partial charge in [-0.2, -0.15) is 0 Å². The molecule has 2 aromatic rings. The molecule has 17 heavy (non-hydrogen) atoms. The van der Waals surface area contributed by atoms with E-state index in [1.54, 1.807) is 12.1 Å². The van der Waals surface area contributed by atoms with Gasteiger partial charge in [0, 0.05) is 5.56 Å². The van der Waals surface area contributed by atoms with Crippen molar-refractivity contribution >= 4 is 0 Å². The van der Waals surface area contributed by atoms with Crippen molar-refractivity contribution < 1.29 is 9.50 Å². The van der Waals surface area contributed by atoms with Crippen LogP contribution in [0.4, 0.5) is 4.39 Å². The Morgan fingerprint density at radius 1 is 1.06 bits per heavy atom. The molecule has 0 aromatic heterocycles. The maximum atomic E-state index is 13.9. The summed E-state index contributed by atoms with van der Waals surface area (Å²) < 4.78 is 13.9. The van der Waals surface area contributed by atoms with Gasteiger partial charge in [-0.1, -0.05) is 36.4 Å². The fourth-order valence-electron chi connectivity index (χ4n) is 2.08. The molecule has 0 saturated heterocycles. The number of aryl methyl sites for hydroxylation is 2. The number of aliphatic hydroxyl groups excluding tert-OH is 1. The Balaban J connectivity index is 2.48. The highest BCUT2D eigenvalue weighted by Gasteiger charge is 2.17. The summed E-state index contributed by atoms with van der Waals surface area (Å²) in [5.74, 6) is -0.348. The van der Waals surface area contributed by atoms with Crippen LogP contribution < -0.4 is 0 Å². The summed E-state index contributed by atoms with van der Waals surface area (Å²) in [4.78, 5) is 0. The predicted octanol–water partition coefficient (Wildman–Crippen LogP) is 3.52. The van der Waals surface area contributed by atoms with Gasteiger partial charge in [0.25, 0.3) is 0 Å². The SMILES string of the molecule is Cc1cc(C)c(C(O)c2ccccc2)c(F)c1. The quantitative estimate of drug-likeness (QED) is 0.836. The minimum Gasteiger partial charge on any atom is -0.384 e. The second kappa shape index (κ2) is 4.68. The normalized spacial score (nSPS) is 12.5. The Hall–Kier alpha value is -1.67. The van der Waals surface area contributed by atoms with Crippen molar-refractivity contribution in [1.82, 2.24) is 0 Å². The average Bonchev–Trinajstić information content (AvgIpc) is 2.28. The lowest BCUT2D eigenvalue weighted by molar-refractivity contribution is 0.214. The van der Waals surface area contributed by atoms with E-state index in [1.165, 1.54) is 6.07 Å². The van der Waals surface area contributed by atoms with Crippen molar-refractivity contribution in [3.63, 3.8) is 0 Å². The summed E-state index contributed by atoms with van der Waals surface area (Å²) in [6.45, 7) is 3.66. The van der Waals surface area contributed by atoms with Gasteiger partial charge >= 0.3 is 0 Å². The molecule has 0 aliphatic rings. The van der Waals surface area contributed by atoms with Crippen molar-refractivity contribution in [1.29, 1.82) is 0 Å². The van der Waals surface area contributed by atoms with Crippen LogP contribution in [0, 0.1) is 19.7 Å². The van der Waals surface area contributed by atoms with E-state index < -0.39 is 6.10 Å². The van der Waals surface area contributed by atoms with Crippen LogP contribution in [0.2, 0.25) is 0 Å². The molecular weight excluding hydrogens is 215 g/mol. The van der Waals surface area contributed by atoms with Crippen LogP contribution in [-0.2, 0) is 0 Å². The number of rotatable bonds is 2. The molecule has 0 fully saturated rings. The van der Waals surface area contributed by atoms with E-state index in [9.17, 15) is 9.50 Å². The standard InChI is InChI=1S/C15H15FO/c1-10-8-11(2)14(13(16)9-10)15(17)12-6-4-3-5-7-12/h3-9,15,17H,1-2H3. The Morgan fingerprint density at radius 2 is 1.71 bits per heavy atom. The van der Waals surface area contributed by atoms with Crippen LogP contribution in [-0.4, -0.2) is 5.11 Å². The molecule has 0 radical (unpaired) electrons. The average molecular weight is 230 g/mol. The second-order valence-corrected chi connectivity index (χ2v) is 4.29. The maximum absolute atomic E-state index is 13.9. The smallest absolute Gasteiger partial charge is 0.129 e. The van der Waals surface area contributed by atoms with E-state index in [2.05, 4.69) is 0 Å². The first kappa shape index (κ1) is 11.8. The zero-order chi connectivity index (χ0) is 12.4.